The second kappa shape index (κ2) is 11.2. The van der Waals surface area contributed by atoms with Gasteiger partial charge in [0, 0.05) is 37.2 Å². The van der Waals surface area contributed by atoms with Crippen molar-refractivity contribution in [2.24, 2.45) is 5.92 Å². The first-order chi connectivity index (χ1) is 17.3. The first-order valence-corrected chi connectivity index (χ1v) is 12.8. The predicted octanol–water partition coefficient (Wildman–Crippen LogP) is 6.48. The van der Waals surface area contributed by atoms with Crippen molar-refractivity contribution in [1.82, 2.24) is 14.5 Å². The van der Waals surface area contributed by atoms with Crippen LogP contribution in [-0.2, 0) is 17.8 Å². The highest BCUT2D eigenvalue weighted by molar-refractivity contribution is 5.78. The van der Waals surface area contributed by atoms with Gasteiger partial charge in [-0.05, 0) is 37.2 Å². The number of likely N-dealkylation sites (tertiary alicyclic amines) is 1. The molecule has 4 nitrogen and oxygen atoms in total. The predicted molar refractivity (Wildman–Crippen MR) is 142 cm³/mol. The third kappa shape index (κ3) is 5.71. The molecule has 2 heterocycles. The van der Waals surface area contributed by atoms with Crippen LogP contribution >= 0.6 is 0 Å². The smallest absolute Gasteiger partial charge is 0.222 e. The molecule has 0 radical (unpaired) electrons. The highest BCUT2D eigenvalue weighted by atomic mass is 16.2. The number of aromatic nitrogens is 2. The molecular weight excluding hydrogens is 430 g/mol. The van der Waals surface area contributed by atoms with Crippen LogP contribution in [0.1, 0.15) is 31.2 Å². The van der Waals surface area contributed by atoms with Crippen molar-refractivity contribution >= 4 is 5.91 Å². The molecule has 0 spiro atoms. The number of imidazole rings is 1. The monoisotopic (exact) mass is 463 g/mol. The molecule has 0 bridgehead atoms. The molecule has 0 saturated carbocycles. The lowest BCUT2D eigenvalue weighted by Crippen LogP contribution is -2.38. The topological polar surface area (TPSA) is 38.1 Å². The van der Waals surface area contributed by atoms with E-state index in [0.29, 0.717) is 18.2 Å². The van der Waals surface area contributed by atoms with Gasteiger partial charge >= 0.3 is 0 Å². The lowest BCUT2D eigenvalue weighted by Gasteiger charge is -2.32. The number of nitrogens with zero attached hydrogens (tertiary/aromatic N) is 3. The maximum absolute atomic E-state index is 12.7. The van der Waals surface area contributed by atoms with Crippen molar-refractivity contribution in [1.29, 1.82) is 0 Å². The van der Waals surface area contributed by atoms with E-state index in [4.69, 9.17) is 4.98 Å². The molecule has 1 fully saturated rings. The first-order valence-electron chi connectivity index (χ1n) is 12.8. The maximum Gasteiger partial charge on any atom is 0.222 e. The average Bonchev–Trinajstić information content (AvgIpc) is 3.36. The van der Waals surface area contributed by atoms with Gasteiger partial charge in [0.25, 0.3) is 0 Å². The van der Waals surface area contributed by atoms with E-state index < -0.39 is 0 Å². The van der Waals surface area contributed by atoms with Crippen LogP contribution in [0.25, 0.3) is 22.5 Å². The molecule has 5 rings (SSSR count). The van der Waals surface area contributed by atoms with Gasteiger partial charge in [-0.1, -0.05) is 91.0 Å². The van der Waals surface area contributed by atoms with Gasteiger partial charge < -0.3 is 9.47 Å². The third-order valence-electron chi connectivity index (χ3n) is 7.15. The van der Waals surface area contributed by atoms with Gasteiger partial charge in [-0.25, -0.2) is 4.98 Å². The van der Waals surface area contributed by atoms with Crippen molar-refractivity contribution < 1.29 is 4.79 Å². The fraction of sp³-hybridized carbons (Fsp3) is 0.290. The van der Waals surface area contributed by atoms with E-state index in [9.17, 15) is 4.79 Å². The minimum atomic E-state index is 0.292. The van der Waals surface area contributed by atoms with E-state index in [-0.39, 0.29) is 0 Å². The summed E-state index contributed by atoms with van der Waals surface area (Å²) in [6.45, 7) is 2.70. The quantitative estimate of drug-likeness (QED) is 0.300. The highest BCUT2D eigenvalue weighted by Gasteiger charge is 2.23. The molecule has 0 unspecified atom stereocenters. The molecule has 35 heavy (non-hydrogen) atoms. The number of aryl methyl sites for hydroxylation is 2. The van der Waals surface area contributed by atoms with Crippen LogP contribution < -0.4 is 0 Å². The molecule has 0 aliphatic carbocycles. The van der Waals surface area contributed by atoms with E-state index >= 15 is 0 Å². The zero-order valence-corrected chi connectivity index (χ0v) is 20.2. The van der Waals surface area contributed by atoms with Crippen LogP contribution in [-0.4, -0.2) is 33.4 Å². The summed E-state index contributed by atoms with van der Waals surface area (Å²) < 4.78 is 2.31. The fourth-order valence-electron chi connectivity index (χ4n) is 5.10. The molecule has 1 aliphatic rings. The Hall–Kier alpha value is -3.66. The van der Waals surface area contributed by atoms with Crippen LogP contribution in [0.4, 0.5) is 0 Å². The molecule has 0 N–H and O–H groups in total. The van der Waals surface area contributed by atoms with Crippen molar-refractivity contribution in [3.63, 3.8) is 0 Å². The number of hydrogen-bond donors (Lipinski definition) is 0. The van der Waals surface area contributed by atoms with E-state index in [1.54, 1.807) is 0 Å². The molecule has 1 saturated heterocycles. The Balaban J connectivity index is 1.19. The summed E-state index contributed by atoms with van der Waals surface area (Å²) in [4.78, 5) is 19.6. The van der Waals surface area contributed by atoms with Crippen molar-refractivity contribution in [2.75, 3.05) is 13.1 Å². The first kappa shape index (κ1) is 23.1. The van der Waals surface area contributed by atoms with E-state index in [1.165, 1.54) is 16.8 Å². The number of carbonyl (C=O) groups is 1. The fourth-order valence-corrected chi connectivity index (χ4v) is 5.10. The highest BCUT2D eigenvalue weighted by Crippen LogP contribution is 2.32. The largest absolute Gasteiger partial charge is 0.343 e. The van der Waals surface area contributed by atoms with Crippen LogP contribution in [0.15, 0.2) is 97.3 Å². The van der Waals surface area contributed by atoms with E-state index in [2.05, 4.69) is 76.2 Å². The second-order valence-electron chi connectivity index (χ2n) is 9.47. The normalized spacial score (nSPS) is 14.2. The van der Waals surface area contributed by atoms with Gasteiger partial charge in [0.15, 0.2) is 0 Å². The van der Waals surface area contributed by atoms with Gasteiger partial charge in [-0.15, -0.1) is 0 Å². The number of carbonyl (C=O) groups excluding carboxylic acids is 1. The standard InChI is InChI=1S/C31H33N3O/c35-29(17-16-25-10-4-1-5-11-25)33-21-18-26(19-22-33)20-23-34-24-32-30(27-12-6-2-7-13-27)31(34)28-14-8-3-9-15-28/h1-15,24,26H,16-23H2. The Morgan fingerprint density at radius 1 is 0.800 bits per heavy atom. The molecular formula is C31H33N3O. The van der Waals surface area contributed by atoms with E-state index in [0.717, 1.165) is 56.6 Å². The van der Waals surface area contributed by atoms with Gasteiger partial charge in [-0.2, -0.15) is 0 Å². The second-order valence-corrected chi connectivity index (χ2v) is 9.47. The Morgan fingerprint density at radius 2 is 1.40 bits per heavy atom. The Kier molecular flexibility index (Phi) is 7.38. The third-order valence-corrected chi connectivity index (χ3v) is 7.15. The molecule has 4 aromatic rings. The summed E-state index contributed by atoms with van der Waals surface area (Å²) in [5.74, 6) is 0.931. The number of hydrogen-bond acceptors (Lipinski definition) is 2. The molecule has 178 valence electrons. The number of amides is 1. The summed E-state index contributed by atoms with van der Waals surface area (Å²) in [6, 6.07) is 31.3. The Morgan fingerprint density at radius 3 is 2.06 bits per heavy atom. The maximum atomic E-state index is 12.7. The van der Waals surface area contributed by atoms with Gasteiger partial charge in [0.2, 0.25) is 5.91 Å². The Bertz CT molecular complexity index is 1210. The molecule has 1 aromatic heterocycles. The lowest BCUT2D eigenvalue weighted by molar-refractivity contribution is -0.132. The number of benzene rings is 3. The van der Waals surface area contributed by atoms with Crippen molar-refractivity contribution in [3.05, 3.63) is 103 Å². The average molecular weight is 464 g/mol. The molecule has 1 amide bonds. The zero-order valence-electron chi connectivity index (χ0n) is 20.2. The van der Waals surface area contributed by atoms with Gasteiger partial charge in [0.05, 0.1) is 17.7 Å². The zero-order chi connectivity index (χ0) is 23.9. The summed E-state index contributed by atoms with van der Waals surface area (Å²) in [5, 5.41) is 0. The molecule has 3 aromatic carbocycles. The van der Waals surface area contributed by atoms with E-state index in [1.807, 2.05) is 30.6 Å². The lowest BCUT2D eigenvalue weighted by atomic mass is 9.93. The summed E-state index contributed by atoms with van der Waals surface area (Å²) in [7, 11) is 0. The van der Waals surface area contributed by atoms with Crippen molar-refractivity contribution in [3.8, 4) is 22.5 Å². The number of rotatable bonds is 8. The Labute approximate surface area is 208 Å². The molecule has 4 heteroatoms. The summed E-state index contributed by atoms with van der Waals surface area (Å²) in [5.41, 5.74) is 5.80. The minimum Gasteiger partial charge on any atom is -0.343 e. The van der Waals surface area contributed by atoms with Gasteiger partial charge in [0.1, 0.15) is 0 Å². The van der Waals surface area contributed by atoms with Crippen LogP contribution in [0, 0.1) is 5.92 Å². The van der Waals surface area contributed by atoms with Crippen LogP contribution in [0.5, 0.6) is 0 Å². The van der Waals surface area contributed by atoms with Crippen LogP contribution in [0.2, 0.25) is 0 Å². The number of piperidine rings is 1. The summed E-state index contributed by atoms with van der Waals surface area (Å²) >= 11 is 0. The SMILES string of the molecule is O=C(CCc1ccccc1)N1CCC(CCn2cnc(-c3ccccc3)c2-c2ccccc2)CC1. The van der Waals surface area contributed by atoms with Crippen molar-refractivity contribution in [2.45, 2.75) is 38.6 Å². The molecule has 0 atom stereocenters. The molecule has 1 aliphatic heterocycles. The summed E-state index contributed by atoms with van der Waals surface area (Å²) in [6.07, 6.45) is 6.69. The minimum absolute atomic E-state index is 0.292. The van der Waals surface area contributed by atoms with Gasteiger partial charge in [-0.3, -0.25) is 4.79 Å². The van der Waals surface area contributed by atoms with Crippen LogP contribution in [0.3, 0.4) is 0 Å².